The van der Waals surface area contributed by atoms with Crippen molar-refractivity contribution >= 4 is 11.6 Å². The van der Waals surface area contributed by atoms with Gasteiger partial charge in [0.1, 0.15) is 11.5 Å². The number of likely N-dealkylation sites (tertiary alicyclic amines) is 1. The first-order valence-corrected chi connectivity index (χ1v) is 10.3. The number of ether oxygens (including phenoxy) is 2. The standard InChI is InChI=1S/C23H32N4O2/c1-17(2)29-21-12-8-19(9-13-21)26-23(24)25-16-22(27-14-4-5-15-27)18-6-10-20(28-3)11-7-18/h6-13,17,22H,4-5,14-16H2,1-3H3,(H3,24,25,26). The molecule has 2 aromatic carbocycles. The van der Waals surface area contributed by atoms with Crippen LogP contribution in [0.25, 0.3) is 0 Å². The predicted molar refractivity (Wildman–Crippen MR) is 119 cm³/mol. The van der Waals surface area contributed by atoms with Crippen molar-refractivity contribution in [3.63, 3.8) is 0 Å². The molecule has 2 aromatic rings. The van der Waals surface area contributed by atoms with E-state index in [0.29, 0.717) is 12.5 Å². The third-order valence-electron chi connectivity index (χ3n) is 5.02. The highest BCUT2D eigenvalue weighted by Gasteiger charge is 2.23. The van der Waals surface area contributed by atoms with E-state index in [4.69, 9.17) is 15.2 Å². The van der Waals surface area contributed by atoms with E-state index >= 15 is 0 Å². The number of methoxy groups -OCH3 is 1. The molecule has 29 heavy (non-hydrogen) atoms. The lowest BCUT2D eigenvalue weighted by molar-refractivity contribution is 0.242. The molecule has 0 bridgehead atoms. The Morgan fingerprint density at radius 2 is 1.66 bits per heavy atom. The second-order valence-electron chi connectivity index (χ2n) is 7.57. The number of guanidine groups is 1. The number of benzene rings is 2. The molecule has 1 aliphatic rings. The summed E-state index contributed by atoms with van der Waals surface area (Å²) in [4.78, 5) is 7.12. The van der Waals surface area contributed by atoms with Crippen LogP contribution in [-0.4, -0.2) is 43.7 Å². The highest BCUT2D eigenvalue weighted by atomic mass is 16.5. The first-order chi connectivity index (χ1) is 14.0. The summed E-state index contributed by atoms with van der Waals surface area (Å²) in [5, 5.41) is 3.17. The van der Waals surface area contributed by atoms with Crippen molar-refractivity contribution in [1.82, 2.24) is 4.90 Å². The SMILES string of the molecule is COc1ccc(C(CN=C(N)Nc2ccc(OC(C)C)cc2)N2CCCC2)cc1. The summed E-state index contributed by atoms with van der Waals surface area (Å²) < 4.78 is 11.0. The van der Waals surface area contributed by atoms with Gasteiger partial charge in [0, 0.05) is 5.69 Å². The van der Waals surface area contributed by atoms with Crippen molar-refractivity contribution in [3.05, 3.63) is 54.1 Å². The van der Waals surface area contributed by atoms with Crippen LogP contribution in [0.1, 0.15) is 38.3 Å². The Hall–Kier alpha value is -2.73. The molecular weight excluding hydrogens is 364 g/mol. The van der Waals surface area contributed by atoms with Crippen LogP contribution in [0, 0.1) is 0 Å². The molecule has 1 saturated heterocycles. The summed E-state index contributed by atoms with van der Waals surface area (Å²) in [5.41, 5.74) is 8.29. The molecule has 0 spiro atoms. The Kier molecular flexibility index (Phi) is 7.36. The van der Waals surface area contributed by atoms with Gasteiger partial charge in [0.2, 0.25) is 0 Å². The maximum atomic E-state index is 6.16. The Bertz CT molecular complexity index is 782. The van der Waals surface area contributed by atoms with Crippen molar-refractivity contribution in [2.45, 2.75) is 38.8 Å². The van der Waals surface area contributed by atoms with Crippen LogP contribution in [0.4, 0.5) is 5.69 Å². The van der Waals surface area contributed by atoms with Gasteiger partial charge >= 0.3 is 0 Å². The molecular formula is C23H32N4O2. The van der Waals surface area contributed by atoms with Crippen molar-refractivity contribution in [1.29, 1.82) is 0 Å². The molecule has 0 saturated carbocycles. The van der Waals surface area contributed by atoms with Crippen LogP contribution >= 0.6 is 0 Å². The van der Waals surface area contributed by atoms with Crippen LogP contribution in [-0.2, 0) is 0 Å². The quantitative estimate of drug-likeness (QED) is 0.520. The molecule has 6 nitrogen and oxygen atoms in total. The smallest absolute Gasteiger partial charge is 0.193 e. The third kappa shape index (κ3) is 6.12. The molecule has 3 rings (SSSR count). The molecule has 1 heterocycles. The monoisotopic (exact) mass is 396 g/mol. The molecule has 0 aromatic heterocycles. The zero-order valence-electron chi connectivity index (χ0n) is 17.6. The lowest BCUT2D eigenvalue weighted by Gasteiger charge is -2.27. The van der Waals surface area contributed by atoms with Crippen LogP contribution in [0.3, 0.4) is 0 Å². The molecule has 1 atom stereocenters. The fraction of sp³-hybridized carbons (Fsp3) is 0.435. The van der Waals surface area contributed by atoms with E-state index in [9.17, 15) is 0 Å². The number of hydrogen-bond acceptors (Lipinski definition) is 4. The number of anilines is 1. The van der Waals surface area contributed by atoms with Crippen molar-refractivity contribution < 1.29 is 9.47 Å². The highest BCUT2D eigenvalue weighted by molar-refractivity contribution is 5.92. The van der Waals surface area contributed by atoms with E-state index in [1.54, 1.807) is 7.11 Å². The van der Waals surface area contributed by atoms with Gasteiger partial charge in [0.05, 0.1) is 25.8 Å². The minimum Gasteiger partial charge on any atom is -0.497 e. The fourth-order valence-electron chi connectivity index (χ4n) is 3.57. The number of nitrogens with two attached hydrogens (primary N) is 1. The number of hydrogen-bond donors (Lipinski definition) is 2. The van der Waals surface area contributed by atoms with E-state index in [0.717, 1.165) is 30.3 Å². The lowest BCUT2D eigenvalue weighted by atomic mass is 10.1. The Labute approximate surface area is 173 Å². The topological polar surface area (TPSA) is 72.1 Å². The van der Waals surface area contributed by atoms with Crippen molar-refractivity contribution in [3.8, 4) is 11.5 Å². The first kappa shape index (κ1) is 21.0. The summed E-state index contributed by atoms with van der Waals surface area (Å²) >= 11 is 0. The van der Waals surface area contributed by atoms with E-state index in [1.807, 2.05) is 50.2 Å². The third-order valence-corrected chi connectivity index (χ3v) is 5.02. The fourth-order valence-corrected chi connectivity index (χ4v) is 3.57. The number of nitrogens with one attached hydrogen (secondary N) is 1. The van der Waals surface area contributed by atoms with Gasteiger partial charge in [-0.15, -0.1) is 0 Å². The van der Waals surface area contributed by atoms with Crippen molar-refractivity contribution in [2.75, 3.05) is 32.1 Å². The zero-order chi connectivity index (χ0) is 20.6. The lowest BCUT2D eigenvalue weighted by Crippen LogP contribution is -2.30. The molecule has 0 aliphatic carbocycles. The molecule has 156 valence electrons. The number of aliphatic imine (C=N–C) groups is 1. The minimum absolute atomic E-state index is 0.154. The van der Waals surface area contributed by atoms with Crippen LogP contribution in [0.15, 0.2) is 53.5 Å². The average molecular weight is 397 g/mol. The predicted octanol–water partition coefficient (Wildman–Crippen LogP) is 4.05. The second-order valence-corrected chi connectivity index (χ2v) is 7.57. The van der Waals surface area contributed by atoms with Gasteiger partial charge in [-0.05, 0) is 81.7 Å². The molecule has 3 N–H and O–H groups in total. The van der Waals surface area contributed by atoms with Gasteiger partial charge in [-0.1, -0.05) is 12.1 Å². The Morgan fingerprint density at radius 3 is 2.24 bits per heavy atom. The van der Waals surface area contributed by atoms with E-state index in [1.165, 1.54) is 18.4 Å². The molecule has 0 radical (unpaired) electrons. The van der Waals surface area contributed by atoms with Gasteiger partial charge in [-0.2, -0.15) is 0 Å². The molecule has 1 aliphatic heterocycles. The van der Waals surface area contributed by atoms with Gasteiger partial charge < -0.3 is 20.5 Å². The normalized spacial score (nSPS) is 16.1. The van der Waals surface area contributed by atoms with Crippen LogP contribution < -0.4 is 20.5 Å². The highest BCUT2D eigenvalue weighted by Crippen LogP contribution is 2.27. The average Bonchev–Trinajstić information content (AvgIpc) is 3.24. The second kappa shape index (κ2) is 10.2. The Balaban J connectivity index is 1.65. The van der Waals surface area contributed by atoms with Gasteiger partial charge in [-0.3, -0.25) is 9.89 Å². The molecule has 6 heteroatoms. The van der Waals surface area contributed by atoms with Crippen molar-refractivity contribution in [2.24, 2.45) is 10.7 Å². The summed E-state index contributed by atoms with van der Waals surface area (Å²) in [6.45, 7) is 6.82. The maximum absolute atomic E-state index is 6.16. The molecule has 1 unspecified atom stereocenters. The summed E-state index contributed by atoms with van der Waals surface area (Å²) in [6, 6.07) is 16.2. The molecule has 1 fully saturated rings. The number of rotatable bonds is 8. The van der Waals surface area contributed by atoms with Gasteiger partial charge in [0.25, 0.3) is 0 Å². The molecule has 0 amide bonds. The Morgan fingerprint density at radius 1 is 1.03 bits per heavy atom. The first-order valence-electron chi connectivity index (χ1n) is 10.3. The largest absolute Gasteiger partial charge is 0.497 e. The van der Waals surface area contributed by atoms with E-state index in [2.05, 4.69) is 27.3 Å². The summed E-state index contributed by atoms with van der Waals surface area (Å²) in [7, 11) is 1.69. The zero-order valence-corrected chi connectivity index (χ0v) is 17.6. The number of nitrogens with zero attached hydrogens (tertiary/aromatic N) is 2. The van der Waals surface area contributed by atoms with E-state index in [-0.39, 0.29) is 12.1 Å². The van der Waals surface area contributed by atoms with Crippen LogP contribution in [0.2, 0.25) is 0 Å². The van der Waals surface area contributed by atoms with E-state index < -0.39 is 0 Å². The van der Waals surface area contributed by atoms with Gasteiger partial charge in [0.15, 0.2) is 5.96 Å². The summed E-state index contributed by atoms with van der Waals surface area (Å²) in [6.07, 6.45) is 2.62. The summed E-state index contributed by atoms with van der Waals surface area (Å²) in [5.74, 6) is 2.12. The van der Waals surface area contributed by atoms with Gasteiger partial charge in [-0.25, -0.2) is 0 Å². The minimum atomic E-state index is 0.154. The van der Waals surface area contributed by atoms with Crippen LogP contribution in [0.5, 0.6) is 11.5 Å². The maximum Gasteiger partial charge on any atom is 0.193 e.